The number of fused-ring (bicyclic) bond motifs is 1. The van der Waals surface area contributed by atoms with Gasteiger partial charge < -0.3 is 10.6 Å². The van der Waals surface area contributed by atoms with Crippen molar-refractivity contribution in [2.24, 2.45) is 0 Å². The second-order valence-corrected chi connectivity index (χ2v) is 6.77. The van der Waals surface area contributed by atoms with Gasteiger partial charge in [-0.05, 0) is 50.3 Å². The molecule has 2 N–H and O–H groups in total. The Hall–Kier alpha value is -0.580. The molecule has 5 heteroatoms. The van der Waals surface area contributed by atoms with E-state index in [1.54, 1.807) is 11.3 Å². The van der Waals surface area contributed by atoms with Crippen LogP contribution in [0.5, 0.6) is 0 Å². The SMILES string of the molecule is Cl.O=C(NC1CCNC1)c1cc2c(s1)CCCCCC2. The van der Waals surface area contributed by atoms with E-state index in [1.165, 1.54) is 36.1 Å². The summed E-state index contributed by atoms with van der Waals surface area (Å²) in [6, 6.07) is 2.46. The van der Waals surface area contributed by atoms with Gasteiger partial charge in [-0.1, -0.05) is 12.8 Å². The lowest BCUT2D eigenvalue weighted by Crippen LogP contribution is -2.35. The highest BCUT2D eigenvalue weighted by atomic mass is 35.5. The Morgan fingerprint density at radius 1 is 1.25 bits per heavy atom. The Morgan fingerprint density at radius 2 is 2.05 bits per heavy atom. The maximum atomic E-state index is 12.3. The summed E-state index contributed by atoms with van der Waals surface area (Å²) in [6.07, 6.45) is 8.61. The fourth-order valence-electron chi connectivity index (χ4n) is 2.99. The van der Waals surface area contributed by atoms with E-state index >= 15 is 0 Å². The highest BCUT2D eigenvalue weighted by Crippen LogP contribution is 2.28. The lowest BCUT2D eigenvalue weighted by molar-refractivity contribution is 0.0944. The van der Waals surface area contributed by atoms with Crippen LogP contribution in [0, 0.1) is 0 Å². The Bertz CT molecular complexity index is 429. The molecular formula is C15H23ClN2OS. The van der Waals surface area contributed by atoms with Crippen molar-refractivity contribution >= 4 is 29.7 Å². The third-order valence-corrected chi connectivity index (χ3v) is 5.35. The van der Waals surface area contributed by atoms with Crippen LogP contribution in [0.3, 0.4) is 0 Å². The number of carbonyl (C=O) groups is 1. The number of thiophene rings is 1. The average Bonchev–Trinajstić information content (AvgIpc) is 2.99. The summed E-state index contributed by atoms with van der Waals surface area (Å²) in [6.45, 7) is 1.93. The molecule has 112 valence electrons. The standard InChI is InChI=1S/C15H22N2OS.ClH/c18-15(17-12-7-8-16-10-12)14-9-11-5-3-1-2-4-6-13(11)19-14;/h9,12,16H,1-8,10H2,(H,17,18);1H. The number of amides is 1. The van der Waals surface area contributed by atoms with Gasteiger partial charge in [0.1, 0.15) is 0 Å². The first-order valence-electron chi connectivity index (χ1n) is 7.46. The topological polar surface area (TPSA) is 41.1 Å². The second kappa shape index (κ2) is 7.43. The maximum Gasteiger partial charge on any atom is 0.261 e. The van der Waals surface area contributed by atoms with Crippen LogP contribution in [0.4, 0.5) is 0 Å². The Labute approximate surface area is 130 Å². The van der Waals surface area contributed by atoms with Crippen molar-refractivity contribution in [3.8, 4) is 0 Å². The van der Waals surface area contributed by atoms with Gasteiger partial charge in [-0.15, -0.1) is 23.7 Å². The molecule has 1 atom stereocenters. The van der Waals surface area contributed by atoms with Crippen LogP contribution in [0.1, 0.15) is 52.2 Å². The van der Waals surface area contributed by atoms with Gasteiger partial charge in [0.25, 0.3) is 5.91 Å². The van der Waals surface area contributed by atoms with E-state index in [9.17, 15) is 4.79 Å². The third kappa shape index (κ3) is 3.74. The number of rotatable bonds is 2. The molecule has 3 nitrogen and oxygen atoms in total. The van der Waals surface area contributed by atoms with Crippen LogP contribution in [0.25, 0.3) is 0 Å². The van der Waals surface area contributed by atoms with E-state index in [4.69, 9.17) is 0 Å². The van der Waals surface area contributed by atoms with Gasteiger partial charge in [-0.25, -0.2) is 0 Å². The van der Waals surface area contributed by atoms with Gasteiger partial charge in [0.2, 0.25) is 0 Å². The minimum atomic E-state index is 0. The first-order valence-corrected chi connectivity index (χ1v) is 8.28. The van der Waals surface area contributed by atoms with Gasteiger partial charge in [-0.3, -0.25) is 4.79 Å². The highest BCUT2D eigenvalue weighted by Gasteiger charge is 2.20. The summed E-state index contributed by atoms with van der Waals surface area (Å²) in [4.78, 5) is 14.6. The van der Waals surface area contributed by atoms with E-state index in [0.717, 1.165) is 37.2 Å². The smallest absolute Gasteiger partial charge is 0.261 e. The van der Waals surface area contributed by atoms with E-state index < -0.39 is 0 Å². The zero-order valence-corrected chi connectivity index (χ0v) is 13.4. The number of hydrogen-bond acceptors (Lipinski definition) is 3. The molecule has 0 aromatic carbocycles. The number of hydrogen-bond donors (Lipinski definition) is 2. The fraction of sp³-hybridized carbons (Fsp3) is 0.667. The van der Waals surface area contributed by atoms with Crippen LogP contribution in [0.2, 0.25) is 0 Å². The van der Waals surface area contributed by atoms with Crippen molar-refractivity contribution < 1.29 is 4.79 Å². The molecule has 1 fully saturated rings. The van der Waals surface area contributed by atoms with Crippen molar-refractivity contribution in [1.29, 1.82) is 0 Å². The van der Waals surface area contributed by atoms with E-state index in [0.29, 0.717) is 6.04 Å². The average molecular weight is 315 g/mol. The number of halogens is 1. The highest BCUT2D eigenvalue weighted by molar-refractivity contribution is 7.14. The molecule has 0 saturated carbocycles. The molecule has 0 radical (unpaired) electrons. The molecular weight excluding hydrogens is 292 g/mol. The maximum absolute atomic E-state index is 12.3. The molecule has 0 spiro atoms. The van der Waals surface area contributed by atoms with Gasteiger partial charge in [-0.2, -0.15) is 0 Å². The first-order chi connectivity index (χ1) is 9.33. The zero-order valence-electron chi connectivity index (χ0n) is 11.7. The molecule has 2 aliphatic rings. The van der Waals surface area contributed by atoms with Crippen LogP contribution in [-0.2, 0) is 12.8 Å². The monoisotopic (exact) mass is 314 g/mol. The molecule has 1 aromatic heterocycles. The Kier molecular flexibility index (Phi) is 5.87. The molecule has 1 aliphatic heterocycles. The molecule has 2 heterocycles. The van der Waals surface area contributed by atoms with Crippen LogP contribution in [0.15, 0.2) is 6.07 Å². The minimum Gasteiger partial charge on any atom is -0.347 e. The second-order valence-electron chi connectivity index (χ2n) is 5.64. The number of carbonyl (C=O) groups excluding carboxylic acids is 1. The van der Waals surface area contributed by atoms with Crippen molar-refractivity contribution in [2.45, 2.75) is 51.0 Å². The summed E-state index contributed by atoms with van der Waals surface area (Å²) >= 11 is 1.72. The molecule has 20 heavy (non-hydrogen) atoms. The lowest BCUT2D eigenvalue weighted by Gasteiger charge is -2.09. The van der Waals surface area contributed by atoms with E-state index in [2.05, 4.69) is 16.7 Å². The van der Waals surface area contributed by atoms with Crippen LogP contribution >= 0.6 is 23.7 Å². The third-order valence-electron chi connectivity index (χ3n) is 4.12. The summed E-state index contributed by atoms with van der Waals surface area (Å²) < 4.78 is 0. The quantitative estimate of drug-likeness (QED) is 0.881. The summed E-state index contributed by atoms with van der Waals surface area (Å²) in [5.41, 5.74) is 1.43. The number of aryl methyl sites for hydroxylation is 2. The molecule has 1 saturated heterocycles. The van der Waals surface area contributed by atoms with Crippen molar-refractivity contribution in [3.05, 3.63) is 21.4 Å². The van der Waals surface area contributed by atoms with Crippen LogP contribution < -0.4 is 10.6 Å². The zero-order chi connectivity index (χ0) is 13.1. The minimum absolute atomic E-state index is 0. The Morgan fingerprint density at radius 3 is 2.80 bits per heavy atom. The first kappa shape index (κ1) is 15.8. The van der Waals surface area contributed by atoms with E-state index in [1.807, 2.05) is 0 Å². The van der Waals surface area contributed by atoms with Crippen molar-refractivity contribution in [2.75, 3.05) is 13.1 Å². The fourth-order valence-corrected chi connectivity index (χ4v) is 4.15. The lowest BCUT2D eigenvalue weighted by atomic mass is 10.00. The van der Waals surface area contributed by atoms with Gasteiger partial charge in [0, 0.05) is 17.5 Å². The van der Waals surface area contributed by atoms with Crippen molar-refractivity contribution in [3.63, 3.8) is 0 Å². The predicted octanol–water partition coefficient (Wildman–Crippen LogP) is 2.92. The van der Waals surface area contributed by atoms with Gasteiger partial charge in [0.15, 0.2) is 0 Å². The molecule has 1 aliphatic carbocycles. The number of nitrogens with one attached hydrogen (secondary N) is 2. The molecule has 1 unspecified atom stereocenters. The summed E-state index contributed by atoms with van der Waals surface area (Å²) in [5, 5.41) is 6.43. The Balaban J connectivity index is 0.00000147. The largest absolute Gasteiger partial charge is 0.347 e. The predicted molar refractivity (Wildman–Crippen MR) is 86.2 cm³/mol. The van der Waals surface area contributed by atoms with Crippen LogP contribution in [-0.4, -0.2) is 25.0 Å². The van der Waals surface area contributed by atoms with Gasteiger partial charge in [0.05, 0.1) is 4.88 Å². The normalized spacial score (nSPS) is 22.3. The van der Waals surface area contributed by atoms with E-state index in [-0.39, 0.29) is 18.3 Å². The molecule has 1 amide bonds. The summed E-state index contributed by atoms with van der Waals surface area (Å²) in [7, 11) is 0. The molecule has 1 aromatic rings. The summed E-state index contributed by atoms with van der Waals surface area (Å²) in [5.74, 6) is 0.130. The molecule has 3 rings (SSSR count). The molecule has 0 bridgehead atoms. The van der Waals surface area contributed by atoms with Gasteiger partial charge >= 0.3 is 0 Å². The van der Waals surface area contributed by atoms with Crippen molar-refractivity contribution in [1.82, 2.24) is 10.6 Å².